The van der Waals surface area contributed by atoms with E-state index >= 15 is 0 Å². The molecule has 2 aliphatic rings. The predicted molar refractivity (Wildman–Crippen MR) is 71.8 cm³/mol. The van der Waals surface area contributed by atoms with Gasteiger partial charge in [-0.15, -0.1) is 0 Å². The van der Waals surface area contributed by atoms with Gasteiger partial charge in [0.15, 0.2) is 0 Å². The second kappa shape index (κ2) is 4.11. The van der Waals surface area contributed by atoms with E-state index in [1.165, 1.54) is 43.5 Å². The summed E-state index contributed by atoms with van der Waals surface area (Å²) >= 11 is 0. The first-order valence-corrected chi connectivity index (χ1v) is 6.97. The van der Waals surface area contributed by atoms with Crippen LogP contribution in [0.2, 0.25) is 0 Å². The minimum atomic E-state index is 0.266. The third-order valence-electron chi connectivity index (χ3n) is 4.44. The van der Waals surface area contributed by atoms with Crippen LogP contribution < -0.4 is 5.73 Å². The smallest absolute Gasteiger partial charge is 0.106 e. The number of aromatic nitrogens is 2. The van der Waals surface area contributed by atoms with E-state index in [9.17, 15) is 0 Å². The molecule has 4 heteroatoms. The highest BCUT2D eigenvalue weighted by Gasteiger charge is 2.44. The summed E-state index contributed by atoms with van der Waals surface area (Å²) in [6.45, 7) is 3.13. The van der Waals surface area contributed by atoms with Gasteiger partial charge < -0.3 is 10.3 Å². The van der Waals surface area contributed by atoms with Gasteiger partial charge in [-0.1, -0.05) is 0 Å². The summed E-state index contributed by atoms with van der Waals surface area (Å²) in [7, 11) is 0. The lowest BCUT2D eigenvalue weighted by molar-refractivity contribution is 0.418. The Bertz CT molecular complexity index is 482. The van der Waals surface area contributed by atoms with Crippen LogP contribution >= 0.6 is 0 Å². The maximum Gasteiger partial charge on any atom is 0.106 e. The van der Waals surface area contributed by atoms with Crippen LogP contribution in [0.1, 0.15) is 49.3 Å². The van der Waals surface area contributed by atoms with Crippen molar-refractivity contribution in [3.8, 4) is 0 Å². The van der Waals surface area contributed by atoms with Gasteiger partial charge in [-0.3, -0.25) is 5.41 Å². The van der Waals surface area contributed by atoms with Crippen molar-refractivity contribution in [3.63, 3.8) is 0 Å². The molecule has 98 valence electrons. The molecule has 3 N–H and O–H groups in total. The number of hydrogen-bond acceptors (Lipinski definition) is 2. The first-order valence-electron chi connectivity index (χ1n) is 6.97. The zero-order chi connectivity index (χ0) is 12.8. The Morgan fingerprint density at radius 2 is 2.11 bits per heavy atom. The summed E-state index contributed by atoms with van der Waals surface area (Å²) in [5.41, 5.74) is 8.62. The molecular weight excluding hydrogens is 224 g/mol. The number of hydrogen-bond donors (Lipinski definition) is 2. The first-order chi connectivity index (χ1) is 8.60. The first kappa shape index (κ1) is 11.8. The van der Waals surface area contributed by atoms with Crippen LogP contribution in [-0.4, -0.2) is 15.4 Å². The van der Waals surface area contributed by atoms with Gasteiger partial charge in [-0.2, -0.15) is 0 Å². The highest BCUT2D eigenvalue weighted by atomic mass is 15.1. The van der Waals surface area contributed by atoms with E-state index in [-0.39, 0.29) is 5.41 Å². The summed E-state index contributed by atoms with van der Waals surface area (Å²) in [6.07, 6.45) is 8.05. The van der Waals surface area contributed by atoms with E-state index < -0.39 is 0 Å². The molecule has 0 bridgehead atoms. The van der Waals surface area contributed by atoms with Crippen LogP contribution in [0.4, 0.5) is 0 Å². The van der Waals surface area contributed by atoms with Gasteiger partial charge in [-0.25, -0.2) is 4.98 Å². The van der Waals surface area contributed by atoms with Crippen LogP contribution in [0.3, 0.4) is 0 Å². The zero-order valence-electron chi connectivity index (χ0n) is 11.1. The van der Waals surface area contributed by atoms with Crippen molar-refractivity contribution in [1.29, 1.82) is 5.41 Å². The number of fused-ring (bicyclic) bond motifs is 1. The molecule has 1 aromatic rings. The molecule has 0 aliphatic heterocycles. The summed E-state index contributed by atoms with van der Waals surface area (Å²) in [5.74, 6) is 1.48. The molecule has 1 aromatic heterocycles. The van der Waals surface area contributed by atoms with Crippen LogP contribution in [0, 0.1) is 17.7 Å². The zero-order valence-corrected chi connectivity index (χ0v) is 11.1. The van der Waals surface area contributed by atoms with Crippen LogP contribution in [0.5, 0.6) is 0 Å². The molecule has 0 radical (unpaired) electrons. The van der Waals surface area contributed by atoms with Gasteiger partial charge in [0.2, 0.25) is 0 Å². The van der Waals surface area contributed by atoms with Crippen molar-refractivity contribution in [3.05, 3.63) is 17.2 Å². The molecule has 1 heterocycles. The number of aryl methyl sites for hydroxylation is 2. The van der Waals surface area contributed by atoms with Crippen molar-refractivity contribution in [2.45, 2.75) is 58.4 Å². The SMILES string of the molecule is Cc1nc2c(n1CC1(CC(=N)N)CC1)CCCC2. The second-order valence-corrected chi connectivity index (χ2v) is 6.05. The normalized spacial score (nSPS) is 20.5. The molecule has 0 atom stereocenters. The Labute approximate surface area is 108 Å². The largest absolute Gasteiger partial charge is 0.388 e. The second-order valence-electron chi connectivity index (χ2n) is 6.05. The van der Waals surface area contributed by atoms with Gasteiger partial charge in [0.1, 0.15) is 5.82 Å². The predicted octanol–water partition coefficient (Wildman–Crippen LogP) is 2.18. The van der Waals surface area contributed by atoms with Crippen LogP contribution in [-0.2, 0) is 19.4 Å². The van der Waals surface area contributed by atoms with Crippen molar-refractivity contribution >= 4 is 5.84 Å². The lowest BCUT2D eigenvalue weighted by Crippen LogP contribution is -2.22. The highest BCUT2D eigenvalue weighted by molar-refractivity contribution is 5.78. The molecule has 0 saturated heterocycles. The van der Waals surface area contributed by atoms with E-state index in [0.717, 1.165) is 25.2 Å². The van der Waals surface area contributed by atoms with Gasteiger partial charge >= 0.3 is 0 Å². The third kappa shape index (κ3) is 2.04. The van der Waals surface area contributed by atoms with Gasteiger partial charge in [0.05, 0.1) is 11.5 Å². The van der Waals surface area contributed by atoms with Crippen molar-refractivity contribution in [2.75, 3.05) is 0 Å². The molecule has 3 rings (SSSR count). The van der Waals surface area contributed by atoms with Gasteiger partial charge in [0.25, 0.3) is 0 Å². The van der Waals surface area contributed by atoms with E-state index in [2.05, 4.69) is 11.5 Å². The Hall–Kier alpha value is -1.32. The summed E-state index contributed by atoms with van der Waals surface area (Å²) in [6, 6.07) is 0. The Balaban J connectivity index is 1.84. The fourth-order valence-electron chi connectivity index (χ4n) is 3.25. The van der Waals surface area contributed by atoms with E-state index in [0.29, 0.717) is 5.84 Å². The highest BCUT2D eigenvalue weighted by Crippen LogP contribution is 2.50. The maximum absolute atomic E-state index is 7.51. The van der Waals surface area contributed by atoms with Crippen molar-refractivity contribution < 1.29 is 0 Å². The molecule has 0 spiro atoms. The number of nitrogens with zero attached hydrogens (tertiary/aromatic N) is 2. The van der Waals surface area contributed by atoms with E-state index in [1.54, 1.807) is 0 Å². The quantitative estimate of drug-likeness (QED) is 0.631. The fraction of sp³-hybridized carbons (Fsp3) is 0.714. The lowest BCUT2D eigenvalue weighted by atomic mass is 9.99. The van der Waals surface area contributed by atoms with Gasteiger partial charge in [-0.05, 0) is 50.9 Å². The molecule has 4 nitrogen and oxygen atoms in total. The molecule has 18 heavy (non-hydrogen) atoms. The van der Waals surface area contributed by atoms with Crippen molar-refractivity contribution in [1.82, 2.24) is 9.55 Å². The topological polar surface area (TPSA) is 67.7 Å². The summed E-state index contributed by atoms with van der Waals surface area (Å²) < 4.78 is 2.41. The maximum atomic E-state index is 7.51. The van der Waals surface area contributed by atoms with Crippen LogP contribution in [0.15, 0.2) is 0 Å². The number of nitrogens with two attached hydrogens (primary N) is 1. The standard InChI is InChI=1S/C14H22N4/c1-10-17-11-4-2-3-5-12(11)18(10)9-14(6-7-14)8-13(15)16/h2-9H2,1H3,(H3,15,16). The molecule has 1 saturated carbocycles. The van der Waals surface area contributed by atoms with Crippen LogP contribution in [0.25, 0.3) is 0 Å². The van der Waals surface area contributed by atoms with Gasteiger partial charge in [0, 0.05) is 18.7 Å². The Morgan fingerprint density at radius 3 is 2.78 bits per heavy atom. The van der Waals surface area contributed by atoms with E-state index in [4.69, 9.17) is 16.1 Å². The minimum Gasteiger partial charge on any atom is -0.388 e. The molecule has 0 amide bonds. The fourth-order valence-corrected chi connectivity index (χ4v) is 3.25. The molecule has 2 aliphatic carbocycles. The molecule has 0 aromatic carbocycles. The Kier molecular flexibility index (Phi) is 2.68. The average molecular weight is 246 g/mol. The van der Waals surface area contributed by atoms with E-state index in [1.807, 2.05) is 0 Å². The summed E-state index contributed by atoms with van der Waals surface area (Å²) in [5, 5.41) is 7.51. The lowest BCUT2D eigenvalue weighted by Gasteiger charge is -2.20. The monoisotopic (exact) mass is 246 g/mol. The molecule has 0 unspecified atom stereocenters. The number of amidine groups is 1. The number of rotatable bonds is 4. The number of imidazole rings is 1. The number of nitrogens with one attached hydrogen (secondary N) is 1. The Morgan fingerprint density at radius 1 is 1.39 bits per heavy atom. The molecule has 1 fully saturated rings. The average Bonchev–Trinajstić information content (AvgIpc) is 2.98. The third-order valence-corrected chi connectivity index (χ3v) is 4.44. The molecular formula is C14H22N4. The minimum absolute atomic E-state index is 0.266. The summed E-state index contributed by atoms with van der Waals surface area (Å²) in [4.78, 5) is 4.72. The van der Waals surface area contributed by atoms with Crippen molar-refractivity contribution in [2.24, 2.45) is 11.1 Å².